The molecule has 0 bridgehead atoms. The van der Waals surface area contributed by atoms with Crippen LogP contribution in [0.3, 0.4) is 0 Å². The van der Waals surface area contributed by atoms with Crippen LogP contribution in [0.5, 0.6) is 0 Å². The molecule has 0 spiro atoms. The van der Waals surface area contributed by atoms with E-state index >= 15 is 0 Å². The van der Waals surface area contributed by atoms with Gasteiger partial charge < -0.3 is 5.11 Å². The Kier molecular flexibility index (Phi) is 7.59. The van der Waals surface area contributed by atoms with Crippen molar-refractivity contribution in [2.24, 2.45) is 0 Å². The first-order valence-electron chi connectivity index (χ1n) is 1.36. The van der Waals surface area contributed by atoms with Gasteiger partial charge in [0.05, 0.1) is 6.07 Å². The number of carboxylic acids is 1. The van der Waals surface area contributed by atoms with Crippen LogP contribution in [0.25, 0.3) is 0 Å². The fourth-order valence-electron chi connectivity index (χ4n) is 0.0676. The quantitative estimate of drug-likeness (QED) is 0.532. The summed E-state index contributed by atoms with van der Waals surface area (Å²) in [5.74, 6) is -1.07. The monoisotopic (exact) mass is 148 g/mol. The molecule has 0 aliphatic heterocycles. The smallest absolute Gasteiger partial charge is 0.317 e. The van der Waals surface area contributed by atoms with E-state index in [1.54, 1.807) is 0 Å². The minimum absolute atomic E-state index is 0. The fourth-order valence-corrected chi connectivity index (χ4v) is 0.0676. The molecule has 43 valence electrons. The van der Waals surface area contributed by atoms with E-state index in [1.807, 2.05) is 0 Å². The van der Waals surface area contributed by atoms with Crippen molar-refractivity contribution in [3.63, 3.8) is 0 Å². The fraction of sp³-hybridized carbons (Fsp3) is 0.333. The van der Waals surface area contributed by atoms with E-state index in [0.717, 1.165) is 0 Å². The average Bonchev–Trinajstić information content (AvgIpc) is 1.35. The van der Waals surface area contributed by atoms with Crippen LogP contribution in [0.4, 0.5) is 0 Å². The summed E-state index contributed by atoms with van der Waals surface area (Å²) in [5, 5.41) is 15.3. The zero-order valence-electron chi connectivity index (χ0n) is 3.31. The first-order chi connectivity index (χ1) is 2.77. The average molecular weight is 149 g/mol. The second kappa shape index (κ2) is 5.48. The normalized spacial score (nSPS) is 5.57. The zero-order valence-corrected chi connectivity index (χ0v) is 4.25. The predicted octanol–water partition coefficient (Wildman–Crippen LogP) is -0.0178. The SMILES string of the molecule is N#CCC(=O)O.[Cu]. The van der Waals surface area contributed by atoms with Crippen molar-refractivity contribution in [2.75, 3.05) is 0 Å². The van der Waals surface area contributed by atoms with Crippen LogP contribution in [-0.2, 0) is 21.9 Å². The summed E-state index contributed by atoms with van der Waals surface area (Å²) in [6.07, 6.45) is -0.403. The van der Waals surface area contributed by atoms with Gasteiger partial charge in [-0.15, -0.1) is 0 Å². The van der Waals surface area contributed by atoms with E-state index in [2.05, 4.69) is 0 Å². The molecule has 0 aliphatic rings. The Labute approximate surface area is 51.4 Å². The number of carbonyl (C=O) groups is 1. The van der Waals surface area contributed by atoms with Crippen molar-refractivity contribution in [2.45, 2.75) is 6.42 Å². The molecule has 0 aromatic rings. The minimum Gasteiger partial charge on any atom is -0.480 e. The molecule has 0 atom stereocenters. The summed E-state index contributed by atoms with van der Waals surface area (Å²) in [6.45, 7) is 0. The van der Waals surface area contributed by atoms with Crippen LogP contribution >= 0.6 is 0 Å². The third-order valence-electron chi connectivity index (χ3n) is 0.230. The van der Waals surface area contributed by atoms with Gasteiger partial charge in [-0.25, -0.2) is 0 Å². The van der Waals surface area contributed by atoms with Gasteiger partial charge >= 0.3 is 5.97 Å². The maximum atomic E-state index is 9.38. The molecule has 7 heavy (non-hydrogen) atoms. The molecule has 0 rings (SSSR count). The van der Waals surface area contributed by atoms with E-state index < -0.39 is 12.4 Å². The summed E-state index contributed by atoms with van der Waals surface area (Å²) in [5.41, 5.74) is 0. The molecule has 0 amide bonds. The van der Waals surface area contributed by atoms with Crippen LogP contribution in [0.2, 0.25) is 0 Å². The van der Waals surface area contributed by atoms with Gasteiger partial charge in [-0.1, -0.05) is 0 Å². The Bertz CT molecular complexity index is 95.6. The van der Waals surface area contributed by atoms with Crippen molar-refractivity contribution in [1.82, 2.24) is 0 Å². The van der Waals surface area contributed by atoms with Gasteiger partial charge in [0.15, 0.2) is 0 Å². The predicted molar refractivity (Wildman–Crippen MR) is 17.9 cm³/mol. The minimum atomic E-state index is -1.07. The molecule has 0 aromatic heterocycles. The first kappa shape index (κ1) is 9.70. The second-order valence-corrected chi connectivity index (χ2v) is 0.729. The van der Waals surface area contributed by atoms with E-state index in [4.69, 9.17) is 10.4 Å². The van der Waals surface area contributed by atoms with Crippen LogP contribution < -0.4 is 0 Å². The van der Waals surface area contributed by atoms with Crippen molar-refractivity contribution in [1.29, 1.82) is 5.26 Å². The summed E-state index contributed by atoms with van der Waals surface area (Å²) < 4.78 is 0. The molecule has 1 N–H and O–H groups in total. The number of carboxylic acid groups (broad SMARTS) is 1. The van der Waals surface area contributed by atoms with Gasteiger partial charge in [0.25, 0.3) is 0 Å². The van der Waals surface area contributed by atoms with Gasteiger partial charge in [0.2, 0.25) is 0 Å². The van der Waals surface area contributed by atoms with Crippen molar-refractivity contribution < 1.29 is 27.0 Å². The number of aliphatic carboxylic acids is 1. The number of hydrogen-bond donors (Lipinski definition) is 1. The van der Waals surface area contributed by atoms with E-state index in [-0.39, 0.29) is 17.1 Å². The number of nitrogens with zero attached hydrogens (tertiary/aromatic N) is 1. The van der Waals surface area contributed by atoms with Crippen LogP contribution in [0.15, 0.2) is 0 Å². The van der Waals surface area contributed by atoms with Gasteiger partial charge in [-0.05, 0) is 0 Å². The number of rotatable bonds is 1. The molecule has 0 saturated carbocycles. The van der Waals surface area contributed by atoms with E-state index in [9.17, 15) is 4.79 Å². The summed E-state index contributed by atoms with van der Waals surface area (Å²) in [6, 6.07) is 1.47. The topological polar surface area (TPSA) is 61.1 Å². The Morgan fingerprint density at radius 1 is 1.86 bits per heavy atom. The summed E-state index contributed by atoms with van der Waals surface area (Å²) in [4.78, 5) is 9.38. The van der Waals surface area contributed by atoms with Crippen molar-refractivity contribution in [3.05, 3.63) is 0 Å². The molecule has 1 radical (unpaired) electrons. The van der Waals surface area contributed by atoms with Crippen LogP contribution in [0.1, 0.15) is 6.42 Å². The van der Waals surface area contributed by atoms with E-state index in [0.29, 0.717) is 0 Å². The molecular formula is C3H3CuNO2. The van der Waals surface area contributed by atoms with Gasteiger partial charge in [0.1, 0.15) is 6.42 Å². The first-order valence-corrected chi connectivity index (χ1v) is 1.36. The molecule has 4 heteroatoms. The van der Waals surface area contributed by atoms with Gasteiger partial charge in [-0.2, -0.15) is 5.26 Å². The molecule has 0 aromatic carbocycles. The Balaban J connectivity index is 0. The standard InChI is InChI=1S/C3H3NO2.Cu/c4-2-1-3(5)6;/h1H2,(H,5,6);. The second-order valence-electron chi connectivity index (χ2n) is 0.729. The third-order valence-corrected chi connectivity index (χ3v) is 0.230. The van der Waals surface area contributed by atoms with Crippen LogP contribution in [0, 0.1) is 11.3 Å². The van der Waals surface area contributed by atoms with Crippen molar-refractivity contribution >= 4 is 5.97 Å². The maximum Gasteiger partial charge on any atom is 0.317 e. The molecule has 3 nitrogen and oxygen atoms in total. The Hall–Kier alpha value is -0.521. The summed E-state index contributed by atoms with van der Waals surface area (Å²) >= 11 is 0. The van der Waals surface area contributed by atoms with Crippen molar-refractivity contribution in [3.8, 4) is 6.07 Å². The van der Waals surface area contributed by atoms with Crippen LogP contribution in [-0.4, -0.2) is 11.1 Å². The maximum absolute atomic E-state index is 9.38. The molecule has 0 aliphatic carbocycles. The number of nitriles is 1. The Morgan fingerprint density at radius 3 is 2.29 bits per heavy atom. The molecule has 0 saturated heterocycles. The Morgan fingerprint density at radius 2 is 2.29 bits per heavy atom. The van der Waals surface area contributed by atoms with Gasteiger partial charge in [0, 0.05) is 17.1 Å². The van der Waals surface area contributed by atoms with Gasteiger partial charge in [-0.3, -0.25) is 4.79 Å². The largest absolute Gasteiger partial charge is 0.480 e. The molecule has 0 heterocycles. The van der Waals surface area contributed by atoms with E-state index in [1.165, 1.54) is 6.07 Å². The zero-order chi connectivity index (χ0) is 4.99. The molecular weight excluding hydrogens is 146 g/mol. The molecule has 0 fully saturated rings. The summed E-state index contributed by atoms with van der Waals surface area (Å²) in [7, 11) is 0. The third kappa shape index (κ3) is 10.8. The molecule has 0 unspecified atom stereocenters. The number of hydrogen-bond acceptors (Lipinski definition) is 2.